The zero-order chi connectivity index (χ0) is 20.2. The lowest BCUT2D eigenvalue weighted by atomic mass is 9.97. The molecule has 1 aromatic carbocycles. The van der Waals surface area contributed by atoms with E-state index >= 15 is 0 Å². The number of amides is 2. The quantitative estimate of drug-likeness (QED) is 0.336. The van der Waals surface area contributed by atoms with E-state index in [9.17, 15) is 9.59 Å². The van der Waals surface area contributed by atoms with E-state index in [1.54, 1.807) is 0 Å². The second-order valence-corrected chi connectivity index (χ2v) is 7.68. The van der Waals surface area contributed by atoms with Crippen LogP contribution in [0.1, 0.15) is 37.7 Å². The van der Waals surface area contributed by atoms with Crippen LogP contribution >= 0.6 is 12.2 Å². The Hall–Kier alpha value is -2.74. The maximum atomic E-state index is 12.8. The minimum absolute atomic E-state index is 0.178. The Labute approximate surface area is 174 Å². The third kappa shape index (κ3) is 4.48. The molecule has 1 N–H and O–H groups in total. The summed E-state index contributed by atoms with van der Waals surface area (Å²) in [6.07, 6.45) is 9.03. The van der Waals surface area contributed by atoms with Gasteiger partial charge in [0.1, 0.15) is 0 Å². The molecular formula is C21H23N3O4S. The summed E-state index contributed by atoms with van der Waals surface area (Å²) in [5.74, 6) is -0.322. The number of hydrogen-bond donors (Lipinski definition) is 1. The topological polar surface area (TPSA) is 80.2 Å². The largest absolute Gasteiger partial charge is 0.454 e. The molecule has 29 heavy (non-hydrogen) atoms. The Balaban J connectivity index is 1.38. The van der Waals surface area contributed by atoms with Gasteiger partial charge in [0.25, 0.3) is 0 Å². The maximum absolute atomic E-state index is 12.8. The van der Waals surface area contributed by atoms with Gasteiger partial charge in [-0.3, -0.25) is 19.5 Å². The highest BCUT2D eigenvalue weighted by Gasteiger charge is 2.37. The zero-order valence-corrected chi connectivity index (χ0v) is 16.9. The number of nitrogens with zero attached hydrogens (tertiary/aromatic N) is 2. The van der Waals surface area contributed by atoms with Gasteiger partial charge in [0, 0.05) is 12.8 Å². The van der Waals surface area contributed by atoms with Gasteiger partial charge in [0.05, 0.1) is 6.54 Å². The summed E-state index contributed by atoms with van der Waals surface area (Å²) in [4.78, 5) is 30.9. The van der Waals surface area contributed by atoms with Gasteiger partial charge >= 0.3 is 0 Å². The van der Waals surface area contributed by atoms with Gasteiger partial charge in [-0.2, -0.15) is 0 Å². The number of rotatable bonds is 6. The number of aliphatic imine (C=N–C) groups is 1. The van der Waals surface area contributed by atoms with E-state index in [2.05, 4.69) is 16.4 Å². The molecule has 7 nitrogen and oxygen atoms in total. The first-order valence-corrected chi connectivity index (χ1v) is 10.3. The summed E-state index contributed by atoms with van der Waals surface area (Å²) in [5.41, 5.74) is 2.27. The summed E-state index contributed by atoms with van der Waals surface area (Å²) < 4.78 is 10.6. The van der Waals surface area contributed by atoms with Crippen LogP contribution in [0.5, 0.6) is 11.5 Å². The van der Waals surface area contributed by atoms with Crippen molar-refractivity contribution in [3.8, 4) is 11.5 Å². The lowest BCUT2D eigenvalue weighted by molar-refractivity contribution is -0.137. The van der Waals surface area contributed by atoms with Crippen molar-refractivity contribution in [3.05, 3.63) is 35.4 Å². The minimum atomic E-state index is -0.962. The average molecular weight is 413 g/mol. The standard InChI is InChI=1S/C21H23N3O4S/c25-19-16(12-22-11-15-6-7-17-18(10-15)28-13-27-17)20(26)24(21(29)23-19)9-8-14-4-2-1-3-5-14/h4,6-7,10,12,16H,1-3,5,8-9,11,13H2,(H,23,25,29). The highest BCUT2D eigenvalue weighted by molar-refractivity contribution is 7.80. The number of allylic oxidation sites excluding steroid dienone is 1. The van der Waals surface area contributed by atoms with E-state index in [0.29, 0.717) is 24.6 Å². The van der Waals surface area contributed by atoms with Crippen molar-refractivity contribution in [3.63, 3.8) is 0 Å². The summed E-state index contributed by atoms with van der Waals surface area (Å²) in [7, 11) is 0. The Morgan fingerprint density at radius 1 is 1.24 bits per heavy atom. The number of thiocarbonyl (C=S) groups is 1. The predicted molar refractivity (Wildman–Crippen MR) is 112 cm³/mol. The van der Waals surface area contributed by atoms with E-state index in [0.717, 1.165) is 24.8 Å². The van der Waals surface area contributed by atoms with Crippen molar-refractivity contribution >= 4 is 35.4 Å². The van der Waals surface area contributed by atoms with Crippen molar-refractivity contribution in [1.82, 2.24) is 10.2 Å². The summed E-state index contributed by atoms with van der Waals surface area (Å²) in [5, 5.41) is 2.81. The Morgan fingerprint density at radius 3 is 2.93 bits per heavy atom. The first kappa shape index (κ1) is 19.6. The molecular weight excluding hydrogens is 390 g/mol. The number of hydrogen-bond acceptors (Lipinski definition) is 6. The molecule has 0 spiro atoms. The zero-order valence-electron chi connectivity index (χ0n) is 16.1. The predicted octanol–water partition coefficient (Wildman–Crippen LogP) is 2.74. The molecule has 0 saturated carbocycles. The summed E-state index contributed by atoms with van der Waals surface area (Å²) in [6, 6.07) is 5.56. The van der Waals surface area contributed by atoms with E-state index < -0.39 is 11.8 Å². The smallest absolute Gasteiger partial charge is 0.246 e. The lowest BCUT2D eigenvalue weighted by Gasteiger charge is -2.31. The molecule has 2 heterocycles. The molecule has 152 valence electrons. The Bertz CT molecular complexity index is 896. The lowest BCUT2D eigenvalue weighted by Crippen LogP contribution is -2.58. The fourth-order valence-corrected chi connectivity index (χ4v) is 3.95. The monoisotopic (exact) mass is 413 g/mol. The normalized spacial score (nSPS) is 21.5. The maximum Gasteiger partial charge on any atom is 0.246 e. The van der Waals surface area contributed by atoms with E-state index in [-0.39, 0.29) is 17.8 Å². The highest BCUT2D eigenvalue weighted by atomic mass is 32.1. The van der Waals surface area contributed by atoms with Crippen LogP contribution in [0.25, 0.3) is 0 Å². The third-order valence-electron chi connectivity index (χ3n) is 5.30. The van der Waals surface area contributed by atoms with E-state index in [4.69, 9.17) is 21.7 Å². The molecule has 0 radical (unpaired) electrons. The van der Waals surface area contributed by atoms with Gasteiger partial charge < -0.3 is 14.8 Å². The third-order valence-corrected chi connectivity index (χ3v) is 5.62. The number of carbonyl (C=O) groups is 2. The van der Waals surface area contributed by atoms with Crippen LogP contribution in [0, 0.1) is 5.92 Å². The molecule has 2 aliphatic heterocycles. The number of carbonyl (C=O) groups excluding carboxylic acids is 2. The molecule has 1 saturated heterocycles. The van der Waals surface area contributed by atoms with Crippen molar-refractivity contribution < 1.29 is 19.1 Å². The molecule has 1 atom stereocenters. The molecule has 1 aliphatic carbocycles. The molecule has 4 rings (SSSR count). The van der Waals surface area contributed by atoms with Crippen molar-refractivity contribution in [2.75, 3.05) is 13.3 Å². The van der Waals surface area contributed by atoms with Gasteiger partial charge in [-0.05, 0) is 62.0 Å². The SMILES string of the molecule is O=C1NC(=S)N(CCC2=CCCCC2)C(=O)C1C=NCc1ccc2c(c1)OCO2. The Kier molecular flexibility index (Phi) is 5.89. The van der Waals surface area contributed by atoms with Crippen molar-refractivity contribution in [2.45, 2.75) is 38.6 Å². The van der Waals surface area contributed by atoms with Crippen LogP contribution in [-0.2, 0) is 16.1 Å². The fraction of sp³-hybridized carbons (Fsp3) is 0.429. The van der Waals surface area contributed by atoms with Gasteiger partial charge in [-0.1, -0.05) is 17.7 Å². The van der Waals surface area contributed by atoms with Crippen molar-refractivity contribution in [2.24, 2.45) is 10.9 Å². The van der Waals surface area contributed by atoms with E-state index in [1.807, 2.05) is 18.2 Å². The number of benzene rings is 1. The van der Waals surface area contributed by atoms with Crippen molar-refractivity contribution in [1.29, 1.82) is 0 Å². The highest BCUT2D eigenvalue weighted by Crippen LogP contribution is 2.32. The van der Waals surface area contributed by atoms with Crippen LogP contribution < -0.4 is 14.8 Å². The van der Waals surface area contributed by atoms with Crippen LogP contribution in [0.15, 0.2) is 34.8 Å². The fourth-order valence-electron chi connectivity index (χ4n) is 3.66. The number of ether oxygens (including phenoxy) is 2. The van der Waals surface area contributed by atoms with E-state index in [1.165, 1.54) is 29.5 Å². The molecule has 0 bridgehead atoms. The second-order valence-electron chi connectivity index (χ2n) is 7.30. The summed E-state index contributed by atoms with van der Waals surface area (Å²) in [6.45, 7) is 1.03. The van der Waals surface area contributed by atoms with Crippen LogP contribution in [0.2, 0.25) is 0 Å². The van der Waals surface area contributed by atoms with Gasteiger partial charge in [-0.25, -0.2) is 0 Å². The summed E-state index contributed by atoms with van der Waals surface area (Å²) >= 11 is 5.22. The van der Waals surface area contributed by atoms with Crippen LogP contribution in [0.4, 0.5) is 0 Å². The van der Waals surface area contributed by atoms with Crippen LogP contribution in [0.3, 0.4) is 0 Å². The molecule has 1 fully saturated rings. The first-order valence-electron chi connectivity index (χ1n) is 9.84. The van der Waals surface area contributed by atoms with Crippen LogP contribution in [-0.4, -0.2) is 41.4 Å². The van der Waals surface area contributed by atoms with Gasteiger partial charge in [0.15, 0.2) is 22.5 Å². The first-order chi connectivity index (χ1) is 14.1. The minimum Gasteiger partial charge on any atom is -0.454 e. The van der Waals surface area contributed by atoms with Gasteiger partial charge in [-0.15, -0.1) is 0 Å². The molecule has 3 aliphatic rings. The second kappa shape index (κ2) is 8.73. The number of fused-ring (bicyclic) bond motifs is 1. The molecule has 1 unspecified atom stereocenters. The molecule has 2 amide bonds. The molecule has 1 aromatic rings. The molecule has 8 heteroatoms. The molecule has 0 aromatic heterocycles. The Morgan fingerprint density at radius 2 is 2.10 bits per heavy atom. The average Bonchev–Trinajstić information content (AvgIpc) is 3.19. The number of nitrogens with one attached hydrogen (secondary N) is 1. The van der Waals surface area contributed by atoms with Gasteiger partial charge in [0.2, 0.25) is 18.6 Å².